The first-order chi connectivity index (χ1) is 12.3. The van der Waals surface area contributed by atoms with E-state index in [0.29, 0.717) is 5.65 Å². The van der Waals surface area contributed by atoms with Crippen LogP contribution in [0.5, 0.6) is 5.75 Å². The van der Waals surface area contributed by atoms with E-state index in [2.05, 4.69) is 26.3 Å². The molecule has 0 bridgehead atoms. The highest BCUT2D eigenvalue weighted by atomic mass is 16.3. The van der Waals surface area contributed by atoms with Gasteiger partial charge in [0.15, 0.2) is 5.65 Å². The van der Waals surface area contributed by atoms with Crippen molar-refractivity contribution >= 4 is 11.0 Å². The Balaban J connectivity index is 1.76. The minimum absolute atomic E-state index is 0.167. The SMILES string of the molecule is N#CC[C@@H](c1cccc(O)c1)n1cc(-c2cnnc3[nH]ccc23)cn1. The number of hydrogen-bond donors (Lipinski definition) is 2. The average Bonchev–Trinajstić information content (AvgIpc) is 3.28. The predicted molar refractivity (Wildman–Crippen MR) is 91.6 cm³/mol. The van der Waals surface area contributed by atoms with Crippen LogP contribution in [0.3, 0.4) is 0 Å². The smallest absolute Gasteiger partial charge is 0.160 e. The van der Waals surface area contributed by atoms with Crippen molar-refractivity contribution in [1.82, 2.24) is 25.0 Å². The van der Waals surface area contributed by atoms with E-state index in [9.17, 15) is 10.4 Å². The number of rotatable bonds is 4. The maximum atomic E-state index is 9.72. The zero-order chi connectivity index (χ0) is 17.2. The molecule has 0 spiro atoms. The van der Waals surface area contributed by atoms with Crippen molar-refractivity contribution in [2.24, 2.45) is 0 Å². The predicted octanol–water partition coefficient (Wildman–Crippen LogP) is 3.03. The third-order valence-electron chi connectivity index (χ3n) is 4.13. The van der Waals surface area contributed by atoms with Crippen molar-refractivity contribution in [2.45, 2.75) is 12.5 Å². The first-order valence-corrected chi connectivity index (χ1v) is 7.75. The topological polar surface area (TPSA) is 103 Å². The summed E-state index contributed by atoms with van der Waals surface area (Å²) >= 11 is 0. The summed E-state index contributed by atoms with van der Waals surface area (Å²) < 4.78 is 1.74. The van der Waals surface area contributed by atoms with Gasteiger partial charge in [-0.05, 0) is 23.8 Å². The quantitative estimate of drug-likeness (QED) is 0.598. The highest BCUT2D eigenvalue weighted by Crippen LogP contribution is 2.29. The summed E-state index contributed by atoms with van der Waals surface area (Å²) in [6.45, 7) is 0. The van der Waals surface area contributed by atoms with Crippen molar-refractivity contribution < 1.29 is 5.11 Å². The fraction of sp³-hybridized carbons (Fsp3) is 0.111. The van der Waals surface area contributed by atoms with Crippen molar-refractivity contribution in [3.63, 3.8) is 0 Å². The van der Waals surface area contributed by atoms with E-state index in [1.807, 2.05) is 24.5 Å². The van der Waals surface area contributed by atoms with E-state index in [4.69, 9.17) is 0 Å². The molecule has 0 aliphatic heterocycles. The van der Waals surface area contributed by atoms with Crippen molar-refractivity contribution in [3.05, 3.63) is 60.7 Å². The molecule has 4 rings (SSSR count). The Kier molecular flexibility index (Phi) is 3.63. The van der Waals surface area contributed by atoms with Gasteiger partial charge in [0.1, 0.15) is 5.75 Å². The number of nitriles is 1. The van der Waals surface area contributed by atoms with Crippen molar-refractivity contribution in [2.75, 3.05) is 0 Å². The molecule has 0 saturated carbocycles. The number of aromatic nitrogens is 5. The van der Waals surface area contributed by atoms with E-state index >= 15 is 0 Å². The van der Waals surface area contributed by atoms with Gasteiger partial charge in [0.05, 0.1) is 30.9 Å². The fourth-order valence-corrected chi connectivity index (χ4v) is 2.93. The standard InChI is InChI=1S/C18H14N6O/c19-6-4-17(12-2-1-3-14(25)8-12)24-11-13(9-22-24)16-10-21-23-18-15(16)5-7-20-18/h1-3,5,7-11,17,25H,4H2,(H,20,23)/t17-/m0/s1. The van der Waals surface area contributed by atoms with Crippen LogP contribution in [0.1, 0.15) is 18.0 Å². The first-order valence-electron chi connectivity index (χ1n) is 7.75. The van der Waals surface area contributed by atoms with Gasteiger partial charge in [0.2, 0.25) is 0 Å². The maximum Gasteiger partial charge on any atom is 0.160 e. The van der Waals surface area contributed by atoms with Gasteiger partial charge >= 0.3 is 0 Å². The third-order valence-corrected chi connectivity index (χ3v) is 4.13. The van der Waals surface area contributed by atoms with Crippen molar-refractivity contribution in [1.29, 1.82) is 5.26 Å². The Morgan fingerprint density at radius 3 is 3.04 bits per heavy atom. The summed E-state index contributed by atoms with van der Waals surface area (Å²) in [4.78, 5) is 3.04. The molecule has 2 N–H and O–H groups in total. The van der Waals surface area contributed by atoms with Crippen LogP contribution in [-0.2, 0) is 0 Å². The maximum absolute atomic E-state index is 9.72. The number of phenolic OH excluding ortho intramolecular Hbond substituents is 1. The van der Waals surface area contributed by atoms with Crippen LogP contribution in [0.15, 0.2) is 55.1 Å². The Bertz CT molecular complexity index is 1070. The summed E-state index contributed by atoms with van der Waals surface area (Å²) in [5, 5.41) is 32.4. The molecule has 25 heavy (non-hydrogen) atoms. The molecule has 1 atom stereocenters. The number of phenols is 1. The molecular weight excluding hydrogens is 316 g/mol. The highest BCUT2D eigenvalue weighted by molar-refractivity contribution is 5.91. The van der Waals surface area contributed by atoms with Crippen LogP contribution >= 0.6 is 0 Å². The average molecular weight is 330 g/mol. The van der Waals surface area contributed by atoms with Gasteiger partial charge in [0.25, 0.3) is 0 Å². The largest absolute Gasteiger partial charge is 0.508 e. The van der Waals surface area contributed by atoms with Gasteiger partial charge < -0.3 is 10.1 Å². The lowest BCUT2D eigenvalue weighted by molar-refractivity contribution is 0.470. The summed E-state index contributed by atoms with van der Waals surface area (Å²) in [5.74, 6) is 0.167. The number of aromatic hydroxyl groups is 1. The third kappa shape index (κ3) is 2.70. The van der Waals surface area contributed by atoms with Crippen LogP contribution in [0, 0.1) is 11.3 Å². The number of benzene rings is 1. The Labute approximate surface area is 143 Å². The van der Waals surface area contributed by atoms with Gasteiger partial charge in [0, 0.05) is 28.9 Å². The molecule has 0 aliphatic carbocycles. The van der Waals surface area contributed by atoms with Crippen LogP contribution in [-0.4, -0.2) is 30.1 Å². The number of nitrogens with one attached hydrogen (secondary N) is 1. The van der Waals surface area contributed by atoms with E-state index in [-0.39, 0.29) is 18.2 Å². The Morgan fingerprint density at radius 2 is 2.20 bits per heavy atom. The van der Waals surface area contributed by atoms with E-state index < -0.39 is 0 Å². The van der Waals surface area contributed by atoms with Crippen LogP contribution in [0.25, 0.3) is 22.2 Å². The van der Waals surface area contributed by atoms with Gasteiger partial charge in [-0.15, -0.1) is 5.10 Å². The van der Waals surface area contributed by atoms with E-state index in [0.717, 1.165) is 22.1 Å². The van der Waals surface area contributed by atoms with Crippen LogP contribution in [0.4, 0.5) is 0 Å². The molecule has 0 unspecified atom stereocenters. The summed E-state index contributed by atoms with van der Waals surface area (Å²) in [6.07, 6.45) is 7.40. The molecule has 0 fully saturated rings. The number of hydrogen-bond acceptors (Lipinski definition) is 5. The molecule has 0 saturated heterocycles. The molecule has 3 heterocycles. The lowest BCUT2D eigenvalue weighted by Gasteiger charge is -2.15. The minimum atomic E-state index is -0.276. The summed E-state index contributed by atoms with van der Waals surface area (Å²) in [6, 6.07) is 10.8. The molecule has 0 radical (unpaired) electrons. The second kappa shape index (κ2) is 6.09. The van der Waals surface area contributed by atoms with Gasteiger partial charge in [-0.25, -0.2) is 0 Å². The van der Waals surface area contributed by atoms with E-state index in [1.165, 1.54) is 0 Å². The van der Waals surface area contributed by atoms with Gasteiger partial charge in [-0.2, -0.15) is 15.5 Å². The lowest BCUT2D eigenvalue weighted by Crippen LogP contribution is -2.10. The van der Waals surface area contributed by atoms with Gasteiger partial charge in [-0.1, -0.05) is 12.1 Å². The fourth-order valence-electron chi connectivity index (χ4n) is 2.93. The van der Waals surface area contributed by atoms with Crippen LogP contribution < -0.4 is 0 Å². The van der Waals surface area contributed by atoms with Crippen LogP contribution in [0.2, 0.25) is 0 Å². The number of H-pyrrole nitrogens is 1. The second-order valence-corrected chi connectivity index (χ2v) is 5.68. The van der Waals surface area contributed by atoms with Crippen molar-refractivity contribution in [3.8, 4) is 22.9 Å². The molecule has 0 amide bonds. The zero-order valence-corrected chi connectivity index (χ0v) is 13.2. The Hall–Kier alpha value is -3.66. The molecular formula is C18H14N6O. The lowest BCUT2D eigenvalue weighted by atomic mass is 10.0. The monoisotopic (exact) mass is 330 g/mol. The van der Waals surface area contributed by atoms with E-state index in [1.54, 1.807) is 35.3 Å². The molecule has 3 aromatic heterocycles. The molecule has 7 nitrogen and oxygen atoms in total. The summed E-state index contributed by atoms with van der Waals surface area (Å²) in [7, 11) is 0. The number of aromatic amines is 1. The Morgan fingerprint density at radius 1 is 1.28 bits per heavy atom. The second-order valence-electron chi connectivity index (χ2n) is 5.68. The normalized spacial score (nSPS) is 12.1. The first kappa shape index (κ1) is 14.9. The molecule has 0 aliphatic rings. The number of nitrogens with zero attached hydrogens (tertiary/aromatic N) is 5. The molecule has 122 valence electrons. The summed E-state index contributed by atoms with van der Waals surface area (Å²) in [5.41, 5.74) is 3.36. The highest BCUT2D eigenvalue weighted by Gasteiger charge is 2.17. The minimum Gasteiger partial charge on any atom is -0.508 e. The van der Waals surface area contributed by atoms with Gasteiger partial charge in [-0.3, -0.25) is 4.68 Å². The number of fused-ring (bicyclic) bond motifs is 1. The molecule has 1 aromatic carbocycles. The molecule has 4 aromatic rings. The zero-order valence-electron chi connectivity index (χ0n) is 13.2. The molecule has 7 heteroatoms.